The summed E-state index contributed by atoms with van der Waals surface area (Å²) in [5, 5.41) is 49.5. The first-order valence-electron chi connectivity index (χ1n) is 47.7. The van der Waals surface area contributed by atoms with Gasteiger partial charge in [-0.15, -0.1) is 25.5 Å². The molecule has 1 aliphatic carbocycles. The minimum atomic E-state index is -0.516. The van der Waals surface area contributed by atoms with Crippen LogP contribution in [0.4, 0.5) is 28.4 Å². The molecule has 0 spiro atoms. The number of amides is 1. The molecular formula is C101H112N28O11. The predicted molar refractivity (Wildman–Crippen MR) is 529 cm³/mol. The van der Waals surface area contributed by atoms with Gasteiger partial charge in [-0.1, -0.05) is 31.0 Å². The summed E-state index contributed by atoms with van der Waals surface area (Å²) in [6.07, 6.45) is 28.6. The monoisotopic (exact) mass is 1890 g/mol. The Kier molecular flexibility index (Phi) is 27.8. The van der Waals surface area contributed by atoms with Gasteiger partial charge in [0.25, 0.3) is 29.4 Å². The Bertz CT molecular complexity index is 6960. The van der Waals surface area contributed by atoms with Gasteiger partial charge in [0.2, 0.25) is 5.88 Å². The first kappa shape index (κ1) is 92.6. The van der Waals surface area contributed by atoms with Gasteiger partial charge in [-0.3, -0.25) is 68.1 Å². The summed E-state index contributed by atoms with van der Waals surface area (Å²) in [5.74, 6) is 7.57. The van der Waals surface area contributed by atoms with E-state index in [1.165, 1.54) is 44.1 Å². The van der Waals surface area contributed by atoms with Crippen LogP contribution < -0.4 is 50.3 Å². The zero-order valence-corrected chi connectivity index (χ0v) is 79.3. The number of carbonyl (C=O) groups excluding carboxylic acids is 1. The van der Waals surface area contributed by atoms with E-state index in [-0.39, 0.29) is 23.1 Å². The van der Waals surface area contributed by atoms with Crippen molar-refractivity contribution in [3.8, 4) is 35.1 Å². The van der Waals surface area contributed by atoms with Crippen molar-refractivity contribution in [2.45, 2.75) is 129 Å². The smallest absolute Gasteiger partial charge is 0.278 e. The molecule has 1 aromatic carbocycles. The van der Waals surface area contributed by atoms with Crippen LogP contribution in [0.2, 0.25) is 0 Å². The molecule has 22 heterocycles. The maximum absolute atomic E-state index is 12.3. The van der Waals surface area contributed by atoms with Gasteiger partial charge >= 0.3 is 0 Å². The molecule has 140 heavy (non-hydrogen) atoms. The minimum absolute atomic E-state index is 0.0481. The molecule has 1 unspecified atom stereocenters. The summed E-state index contributed by atoms with van der Waals surface area (Å²) in [5.41, 5.74) is 19.4. The van der Waals surface area contributed by atoms with Crippen LogP contribution in [0.3, 0.4) is 0 Å². The molecule has 14 aromatic heterocycles. The second-order valence-electron chi connectivity index (χ2n) is 36.7. The van der Waals surface area contributed by atoms with Gasteiger partial charge in [-0.2, -0.15) is 0 Å². The highest BCUT2D eigenvalue weighted by Crippen LogP contribution is 2.38. The number of hydrogen-bond acceptors (Lipinski definition) is 33. The number of anilines is 5. The number of aliphatic imine (C=N–C) groups is 4. The number of pyridine rings is 9. The summed E-state index contributed by atoms with van der Waals surface area (Å²) in [7, 11) is 9.46. The second-order valence-corrected chi connectivity index (χ2v) is 36.7. The number of fused-ring (bicyclic) bond motifs is 9. The van der Waals surface area contributed by atoms with Crippen LogP contribution in [0.5, 0.6) is 35.1 Å². The van der Waals surface area contributed by atoms with E-state index in [0.29, 0.717) is 117 Å². The molecule has 0 radical (unpaired) electrons. The van der Waals surface area contributed by atoms with E-state index in [2.05, 4.69) is 155 Å². The van der Waals surface area contributed by atoms with Gasteiger partial charge < -0.3 is 74.3 Å². The number of carbonyl (C=O) groups is 1. The Labute approximate surface area is 806 Å². The van der Waals surface area contributed by atoms with Crippen LogP contribution in [0, 0.1) is 23.7 Å². The lowest BCUT2D eigenvalue weighted by atomic mass is 9.96. The third-order valence-corrected chi connectivity index (χ3v) is 26.1. The van der Waals surface area contributed by atoms with Crippen molar-refractivity contribution in [2.24, 2.45) is 78.9 Å². The molecule has 722 valence electrons. The number of amidine groups is 4. The highest BCUT2D eigenvalue weighted by Gasteiger charge is 2.33. The average molecular weight is 1890 g/mol. The standard InChI is InChI=1S/C22H25N5O2.2C20H22N6O2.C20H22N6O.C19H21N5O4/c1-22(2)12-16(8-10-28-22)29-21-17-7-6-15(11-18(17)27(3)26-21)25-20-19-14(13-24-20)5-4-9-23-19;1-26-17-9-14(24-19-15-3-2-6-21-16(15)11-23-19)10-22-18(17)20(25-26)28-12-13-4-7-27-8-5-13;1-26-16-9-15(24-19-17-14(10-23-19)3-2-6-21-17)11-22-18(16)20(25-26)28-12-13-4-7-27-8-5-13;1-26-16-9-15(24-19-17-14(10-23-19)7-4-8-21-17)11-22-18(16)20(25-26)27-12-13-5-2-3-6-13;1-24-14-9-13(22-18(26)17-15(25)3-2-6-20-17)10-21-16(14)19(23-24)28-11-12-4-7-27-8-5-12/h4-7,9,11,16H,8,10,12-13H2,1-3H3,(H,24,25);2-3,6,9-10,13H,4-5,7-8,11-12H2,1H3,(H,23,24);2-3,6,9,11,13H,4-5,7-8,10,12H2,1H3,(H,23,24);4,7-9,11,13H,2-3,5-6,10,12H2,1H3,(H,23,24);2-3,6,9-10,12,25H,4-5,7-8,11H2,1H3,(H,22,26). The topological polar surface area (TPSA) is 435 Å². The number of ether oxygens (including phenoxy) is 9. The largest absolute Gasteiger partial charge is 0.505 e. The Balaban J connectivity index is 0.000000108. The van der Waals surface area contributed by atoms with Crippen molar-refractivity contribution in [1.82, 2.24) is 93.8 Å². The molecule has 6 N–H and O–H groups in total. The molecule has 5 fully saturated rings. The fourth-order valence-corrected chi connectivity index (χ4v) is 18.4. The van der Waals surface area contributed by atoms with E-state index in [0.717, 1.165) is 238 Å². The zero-order chi connectivity index (χ0) is 95.6. The lowest BCUT2D eigenvalue weighted by Gasteiger charge is -2.35. The number of aryl methyl sites for hydroxylation is 5. The predicted octanol–water partition coefficient (Wildman–Crippen LogP) is 14.2. The van der Waals surface area contributed by atoms with Crippen molar-refractivity contribution < 1.29 is 52.5 Å². The Morgan fingerprint density at radius 2 is 0.779 bits per heavy atom. The van der Waals surface area contributed by atoms with Gasteiger partial charge in [0.1, 0.15) is 34.8 Å². The van der Waals surface area contributed by atoms with Crippen molar-refractivity contribution in [2.75, 3.05) is 99.3 Å². The van der Waals surface area contributed by atoms with Crippen molar-refractivity contribution in [3.63, 3.8) is 0 Å². The minimum Gasteiger partial charge on any atom is -0.505 e. The summed E-state index contributed by atoms with van der Waals surface area (Å²) in [6, 6.07) is 32.9. The zero-order valence-electron chi connectivity index (χ0n) is 79.3. The number of aromatic hydroxyl groups is 1. The highest BCUT2D eigenvalue weighted by molar-refractivity contribution is 6.13. The quantitative estimate of drug-likeness (QED) is 0.0413. The fourth-order valence-electron chi connectivity index (χ4n) is 18.4. The molecule has 1 atom stereocenters. The molecular weight excluding hydrogens is 1780 g/mol. The molecule has 4 saturated heterocycles. The highest BCUT2D eigenvalue weighted by atomic mass is 16.5. The Morgan fingerprint density at radius 1 is 0.400 bits per heavy atom. The van der Waals surface area contributed by atoms with E-state index in [1.54, 1.807) is 76.6 Å². The molecule has 24 rings (SSSR count). The molecule has 39 nitrogen and oxygen atoms in total. The van der Waals surface area contributed by atoms with Gasteiger partial charge in [0.15, 0.2) is 45.3 Å². The maximum Gasteiger partial charge on any atom is 0.278 e. The number of rotatable bonds is 20. The van der Waals surface area contributed by atoms with Crippen LogP contribution in [0.25, 0.3) is 55.0 Å². The fraction of sp³-hybridized carbons (Fsp3) is 0.396. The Hall–Kier alpha value is -15.1. The van der Waals surface area contributed by atoms with Crippen LogP contribution >= 0.6 is 0 Å². The third kappa shape index (κ3) is 21.4. The van der Waals surface area contributed by atoms with Gasteiger partial charge in [0, 0.05) is 147 Å². The van der Waals surface area contributed by atoms with Crippen LogP contribution in [0.1, 0.15) is 146 Å². The van der Waals surface area contributed by atoms with Crippen LogP contribution in [-0.4, -0.2) is 212 Å². The number of hydrogen-bond donors (Lipinski definition) is 6. The first-order valence-corrected chi connectivity index (χ1v) is 47.7. The molecule has 8 aliphatic heterocycles. The maximum atomic E-state index is 12.3. The lowest BCUT2D eigenvalue weighted by molar-refractivity contribution is -0.0902. The molecule has 1 amide bonds. The van der Waals surface area contributed by atoms with E-state index < -0.39 is 5.91 Å². The van der Waals surface area contributed by atoms with Crippen LogP contribution in [0.15, 0.2) is 179 Å². The van der Waals surface area contributed by atoms with Crippen LogP contribution in [-0.2, 0) is 80.4 Å². The molecule has 39 heteroatoms. The SMILES string of the molecule is Cn1nc(OC2CCOC(C)(C)C2)c2ccc(NC3=NCc4cccnc43)cc21.Cn1nc(OCC2CCCC2)c2ncc(NC3=NCc4cccnc43)cc21.Cn1nc(OCC2CCOCC2)c2ncc(NC(=O)c3ncccc3O)cc21.Cn1nc(OCC2CCOCC2)c2ncc(NC3=NCc4cccnc43)cc21.Cn1nc(OCC2CCOCC2)c2ncc(NC3=NCc4ncccc43)cc21. The molecule has 0 bridgehead atoms. The first-order chi connectivity index (χ1) is 68.4. The number of nitrogens with one attached hydrogen (secondary N) is 5. The molecule has 15 aromatic rings. The lowest BCUT2D eigenvalue weighted by Crippen LogP contribution is -2.39. The van der Waals surface area contributed by atoms with Gasteiger partial charge in [0.05, 0.1) is 151 Å². The summed E-state index contributed by atoms with van der Waals surface area (Å²) in [6.45, 7) is 14.9. The van der Waals surface area contributed by atoms with Crippen molar-refractivity contribution in [1.29, 1.82) is 0 Å². The summed E-state index contributed by atoms with van der Waals surface area (Å²) < 4.78 is 61.1. The summed E-state index contributed by atoms with van der Waals surface area (Å²) >= 11 is 0. The van der Waals surface area contributed by atoms with Crippen molar-refractivity contribution >= 4 is 113 Å². The number of benzene rings is 1. The molecule has 9 aliphatic rings. The van der Waals surface area contributed by atoms with Gasteiger partial charge in [-0.05, 0) is 174 Å². The number of nitrogens with zero attached hydrogens (tertiary/aromatic N) is 23. The normalized spacial score (nSPS) is 17.1. The van der Waals surface area contributed by atoms with Gasteiger partial charge in [-0.25, -0.2) is 24.9 Å². The Morgan fingerprint density at radius 3 is 1.24 bits per heavy atom. The second kappa shape index (κ2) is 42.1. The number of aromatic nitrogens is 19. The average Bonchev–Trinajstić information content (AvgIpc) is 1.64. The van der Waals surface area contributed by atoms with E-state index in [4.69, 9.17) is 42.6 Å². The van der Waals surface area contributed by atoms with E-state index in [1.807, 2.05) is 98.2 Å². The third-order valence-electron chi connectivity index (χ3n) is 26.1. The van der Waals surface area contributed by atoms with Crippen molar-refractivity contribution in [3.05, 3.63) is 210 Å². The van der Waals surface area contributed by atoms with E-state index in [9.17, 15) is 9.90 Å². The molecule has 1 saturated carbocycles. The van der Waals surface area contributed by atoms with E-state index >= 15 is 0 Å². The summed E-state index contributed by atoms with van der Waals surface area (Å²) in [4.78, 5) is 70.3.